The van der Waals surface area contributed by atoms with E-state index in [4.69, 9.17) is 5.73 Å². The Balaban J connectivity index is 2.37. The number of rotatable bonds is 6. The molecule has 0 aliphatic rings. The van der Waals surface area contributed by atoms with Crippen LogP contribution in [0.15, 0.2) is 24.3 Å². The summed E-state index contributed by atoms with van der Waals surface area (Å²) in [5.74, 6) is 0.383. The van der Waals surface area contributed by atoms with E-state index in [1.807, 2.05) is 19.2 Å². The third-order valence-corrected chi connectivity index (χ3v) is 2.75. The molecule has 1 aromatic carbocycles. The molecule has 16 heavy (non-hydrogen) atoms. The lowest BCUT2D eigenvalue weighted by Crippen LogP contribution is -2.30. The van der Waals surface area contributed by atoms with E-state index in [9.17, 15) is 4.39 Å². The minimum absolute atomic E-state index is 0.109. The van der Waals surface area contributed by atoms with Gasteiger partial charge in [0.2, 0.25) is 0 Å². The molecule has 0 aliphatic heterocycles. The quantitative estimate of drug-likeness (QED) is 0.799. The molecule has 0 spiro atoms. The normalized spacial score (nSPS) is 13.1. The summed E-state index contributed by atoms with van der Waals surface area (Å²) in [7, 11) is 2.05. The van der Waals surface area contributed by atoms with Gasteiger partial charge in [-0.15, -0.1) is 0 Å². The van der Waals surface area contributed by atoms with Crippen LogP contribution in [0.4, 0.5) is 4.39 Å². The van der Waals surface area contributed by atoms with Crippen LogP contribution in [0.25, 0.3) is 0 Å². The first kappa shape index (κ1) is 13.1. The Morgan fingerprint density at radius 2 is 2.06 bits per heavy atom. The molecule has 0 saturated carbocycles. The van der Waals surface area contributed by atoms with Gasteiger partial charge in [0.1, 0.15) is 5.82 Å². The molecule has 0 bridgehead atoms. The number of nitrogens with zero attached hydrogens (tertiary/aromatic N) is 1. The monoisotopic (exact) mass is 224 g/mol. The topological polar surface area (TPSA) is 29.3 Å². The van der Waals surface area contributed by atoms with Crippen LogP contribution in [-0.2, 0) is 6.42 Å². The van der Waals surface area contributed by atoms with E-state index in [0.717, 1.165) is 25.1 Å². The third-order valence-electron chi connectivity index (χ3n) is 2.75. The van der Waals surface area contributed by atoms with Gasteiger partial charge < -0.3 is 10.6 Å². The number of likely N-dealkylation sites (N-methyl/N-ethyl adjacent to an activating group) is 1. The third kappa shape index (κ3) is 4.29. The number of hydrogen-bond acceptors (Lipinski definition) is 2. The maximum Gasteiger partial charge on any atom is 0.126 e. The van der Waals surface area contributed by atoms with Crippen LogP contribution in [0.5, 0.6) is 0 Å². The van der Waals surface area contributed by atoms with Gasteiger partial charge in [-0.05, 0) is 37.6 Å². The van der Waals surface area contributed by atoms with Crippen LogP contribution in [-0.4, -0.2) is 31.6 Å². The van der Waals surface area contributed by atoms with E-state index in [1.165, 1.54) is 6.07 Å². The first-order chi connectivity index (χ1) is 7.63. The van der Waals surface area contributed by atoms with Crippen molar-refractivity contribution in [2.75, 3.05) is 26.7 Å². The van der Waals surface area contributed by atoms with Crippen LogP contribution in [0.1, 0.15) is 12.5 Å². The summed E-state index contributed by atoms with van der Waals surface area (Å²) in [4.78, 5) is 2.20. The van der Waals surface area contributed by atoms with E-state index in [2.05, 4.69) is 11.8 Å². The van der Waals surface area contributed by atoms with Crippen LogP contribution < -0.4 is 5.73 Å². The largest absolute Gasteiger partial charge is 0.330 e. The first-order valence-corrected chi connectivity index (χ1v) is 5.75. The molecule has 1 aromatic rings. The van der Waals surface area contributed by atoms with Crippen molar-refractivity contribution in [3.05, 3.63) is 35.6 Å². The molecule has 0 aliphatic carbocycles. The van der Waals surface area contributed by atoms with Gasteiger partial charge in [0.25, 0.3) is 0 Å². The zero-order valence-corrected chi connectivity index (χ0v) is 10.1. The Hall–Kier alpha value is -0.930. The zero-order chi connectivity index (χ0) is 12.0. The van der Waals surface area contributed by atoms with E-state index < -0.39 is 0 Å². The van der Waals surface area contributed by atoms with E-state index in [-0.39, 0.29) is 5.82 Å². The summed E-state index contributed by atoms with van der Waals surface area (Å²) in [6.45, 7) is 4.65. The van der Waals surface area contributed by atoms with Gasteiger partial charge in [-0.25, -0.2) is 4.39 Å². The van der Waals surface area contributed by atoms with E-state index in [1.54, 1.807) is 6.07 Å². The van der Waals surface area contributed by atoms with Crippen LogP contribution >= 0.6 is 0 Å². The molecule has 0 saturated heterocycles. The van der Waals surface area contributed by atoms with Crippen molar-refractivity contribution in [3.8, 4) is 0 Å². The van der Waals surface area contributed by atoms with Gasteiger partial charge in [-0.2, -0.15) is 0 Å². The Bertz CT molecular complexity index is 315. The molecule has 1 rings (SSSR count). The standard InChI is InChI=1S/C13H21FN2/c1-11(9-15)10-16(2)8-7-12-5-3-4-6-13(12)14/h3-6,11H,7-10,15H2,1-2H3. The van der Waals surface area contributed by atoms with Crippen molar-refractivity contribution in [1.29, 1.82) is 0 Å². The summed E-state index contributed by atoms with van der Waals surface area (Å²) in [5, 5.41) is 0. The minimum Gasteiger partial charge on any atom is -0.330 e. The average Bonchev–Trinajstić information content (AvgIpc) is 2.28. The van der Waals surface area contributed by atoms with Crippen molar-refractivity contribution >= 4 is 0 Å². The Kier molecular flexibility index (Phi) is 5.43. The molecule has 0 heterocycles. The Morgan fingerprint density at radius 3 is 2.69 bits per heavy atom. The molecule has 90 valence electrons. The lowest BCUT2D eigenvalue weighted by Gasteiger charge is -2.20. The summed E-state index contributed by atoms with van der Waals surface area (Å²) >= 11 is 0. The van der Waals surface area contributed by atoms with Gasteiger partial charge in [-0.1, -0.05) is 25.1 Å². The Labute approximate surface area is 97.3 Å². The molecular weight excluding hydrogens is 203 g/mol. The maximum atomic E-state index is 13.3. The predicted octanol–water partition coefficient (Wildman–Crippen LogP) is 1.89. The van der Waals surface area contributed by atoms with Gasteiger partial charge in [-0.3, -0.25) is 0 Å². The van der Waals surface area contributed by atoms with E-state index in [0.29, 0.717) is 12.5 Å². The second kappa shape index (κ2) is 6.61. The zero-order valence-electron chi connectivity index (χ0n) is 10.1. The average molecular weight is 224 g/mol. The highest BCUT2D eigenvalue weighted by molar-refractivity contribution is 5.17. The lowest BCUT2D eigenvalue weighted by molar-refractivity contribution is 0.291. The fraction of sp³-hybridized carbons (Fsp3) is 0.538. The molecule has 0 radical (unpaired) electrons. The fourth-order valence-corrected chi connectivity index (χ4v) is 1.71. The molecule has 2 nitrogen and oxygen atoms in total. The molecule has 0 amide bonds. The molecule has 0 aromatic heterocycles. The molecule has 3 heteroatoms. The van der Waals surface area contributed by atoms with Crippen molar-refractivity contribution in [2.45, 2.75) is 13.3 Å². The van der Waals surface area contributed by atoms with Gasteiger partial charge in [0, 0.05) is 13.1 Å². The molecular formula is C13H21FN2. The number of benzene rings is 1. The second-order valence-corrected chi connectivity index (χ2v) is 4.44. The number of nitrogens with two attached hydrogens (primary N) is 1. The van der Waals surface area contributed by atoms with Crippen LogP contribution in [0.3, 0.4) is 0 Å². The van der Waals surface area contributed by atoms with Gasteiger partial charge in [0.05, 0.1) is 0 Å². The maximum absolute atomic E-state index is 13.3. The summed E-state index contributed by atoms with van der Waals surface area (Å²) < 4.78 is 13.3. The van der Waals surface area contributed by atoms with Crippen molar-refractivity contribution < 1.29 is 4.39 Å². The van der Waals surface area contributed by atoms with E-state index >= 15 is 0 Å². The first-order valence-electron chi connectivity index (χ1n) is 5.75. The highest BCUT2D eigenvalue weighted by Crippen LogP contribution is 2.07. The number of hydrogen-bond donors (Lipinski definition) is 1. The van der Waals surface area contributed by atoms with Crippen LogP contribution in [0, 0.1) is 11.7 Å². The van der Waals surface area contributed by atoms with Crippen LogP contribution in [0.2, 0.25) is 0 Å². The van der Waals surface area contributed by atoms with Crippen molar-refractivity contribution in [3.63, 3.8) is 0 Å². The SMILES string of the molecule is CC(CN)CN(C)CCc1ccccc1F. The van der Waals surface area contributed by atoms with Crippen molar-refractivity contribution in [2.24, 2.45) is 11.7 Å². The van der Waals surface area contributed by atoms with Crippen molar-refractivity contribution in [1.82, 2.24) is 4.90 Å². The highest BCUT2D eigenvalue weighted by Gasteiger charge is 2.06. The lowest BCUT2D eigenvalue weighted by atomic mass is 10.1. The fourth-order valence-electron chi connectivity index (χ4n) is 1.71. The predicted molar refractivity (Wildman–Crippen MR) is 65.8 cm³/mol. The van der Waals surface area contributed by atoms with Gasteiger partial charge in [0.15, 0.2) is 0 Å². The summed E-state index contributed by atoms with van der Waals surface area (Å²) in [5.41, 5.74) is 6.35. The smallest absolute Gasteiger partial charge is 0.126 e. The summed E-state index contributed by atoms with van der Waals surface area (Å²) in [6, 6.07) is 6.95. The molecule has 2 N–H and O–H groups in total. The highest BCUT2D eigenvalue weighted by atomic mass is 19.1. The molecule has 0 fully saturated rings. The summed E-state index contributed by atoms with van der Waals surface area (Å²) in [6.07, 6.45) is 0.750. The Morgan fingerprint density at radius 1 is 1.38 bits per heavy atom. The minimum atomic E-state index is -0.109. The second-order valence-electron chi connectivity index (χ2n) is 4.44. The number of halogens is 1. The van der Waals surface area contributed by atoms with Gasteiger partial charge >= 0.3 is 0 Å². The molecule has 1 atom stereocenters. The molecule has 1 unspecified atom stereocenters.